The van der Waals surface area contributed by atoms with Crippen molar-refractivity contribution in [3.63, 3.8) is 0 Å². The number of hydrogen-bond acceptors (Lipinski definition) is 4. The average molecular weight is 391 g/mol. The van der Waals surface area contributed by atoms with E-state index < -0.39 is 0 Å². The summed E-state index contributed by atoms with van der Waals surface area (Å²) in [7, 11) is 2.20. The van der Waals surface area contributed by atoms with E-state index in [0.29, 0.717) is 5.92 Å². The fourth-order valence-corrected chi connectivity index (χ4v) is 4.68. The summed E-state index contributed by atoms with van der Waals surface area (Å²) >= 11 is 0. The van der Waals surface area contributed by atoms with Crippen molar-refractivity contribution in [2.75, 3.05) is 13.6 Å². The zero-order valence-corrected chi connectivity index (χ0v) is 16.7. The number of fused-ring (bicyclic) bond motifs is 3. The number of hydrogen-bond donors (Lipinski definition) is 0. The number of rotatable bonds is 2. The quantitative estimate of drug-likeness (QED) is 0.392. The molecule has 4 nitrogen and oxygen atoms in total. The molecule has 0 saturated carbocycles. The van der Waals surface area contributed by atoms with E-state index in [-0.39, 0.29) is 0 Å². The van der Waals surface area contributed by atoms with Crippen molar-refractivity contribution in [1.29, 1.82) is 0 Å². The largest absolute Gasteiger partial charge is 0.464 e. The van der Waals surface area contributed by atoms with Crippen LogP contribution in [0.5, 0.6) is 0 Å². The van der Waals surface area contributed by atoms with Crippen LogP contribution in [0.15, 0.2) is 83.9 Å². The summed E-state index contributed by atoms with van der Waals surface area (Å²) in [6, 6.07) is 21.9. The molecule has 1 unspecified atom stereocenters. The van der Waals surface area contributed by atoms with Crippen molar-refractivity contribution in [2.45, 2.75) is 12.5 Å². The van der Waals surface area contributed by atoms with E-state index in [4.69, 9.17) is 4.42 Å². The maximum Gasteiger partial charge on any atom is 0.133 e. The molecule has 6 rings (SSSR count). The van der Waals surface area contributed by atoms with E-state index in [0.717, 1.165) is 35.0 Å². The minimum atomic E-state index is 0.358. The highest BCUT2D eigenvalue weighted by atomic mass is 16.3. The summed E-state index contributed by atoms with van der Waals surface area (Å²) in [6.07, 6.45) is 5.23. The molecular weight excluding hydrogens is 370 g/mol. The summed E-state index contributed by atoms with van der Waals surface area (Å²) in [5, 5.41) is 2.23. The Morgan fingerprint density at radius 2 is 1.83 bits per heavy atom. The van der Waals surface area contributed by atoms with Gasteiger partial charge in [-0.2, -0.15) is 0 Å². The highest BCUT2D eigenvalue weighted by Gasteiger charge is 2.25. The molecule has 146 valence electrons. The van der Waals surface area contributed by atoms with Gasteiger partial charge < -0.3 is 9.32 Å². The second-order valence-corrected chi connectivity index (χ2v) is 8.18. The lowest BCUT2D eigenvalue weighted by atomic mass is 9.83. The standard InChI is InChI=1S/C26H21N3O/c1-29-14-22-11-17(18-3-6-25-21(10-18)13-27-16-28-25)2-5-23(22)24(15-29)19-4-7-26-20(12-19)8-9-30-26/h2-13,16,24H,14-15H2,1H3. The van der Waals surface area contributed by atoms with Crippen molar-refractivity contribution < 1.29 is 4.42 Å². The van der Waals surface area contributed by atoms with Crippen LogP contribution >= 0.6 is 0 Å². The van der Waals surface area contributed by atoms with Crippen molar-refractivity contribution in [2.24, 2.45) is 0 Å². The molecule has 2 aromatic heterocycles. The molecule has 3 aromatic carbocycles. The minimum absolute atomic E-state index is 0.358. The van der Waals surface area contributed by atoms with Gasteiger partial charge in [-0.25, -0.2) is 9.97 Å². The number of aromatic nitrogens is 2. The summed E-state index contributed by atoms with van der Waals surface area (Å²) in [4.78, 5) is 10.9. The highest BCUT2D eigenvalue weighted by Crippen LogP contribution is 2.36. The van der Waals surface area contributed by atoms with Gasteiger partial charge in [0.25, 0.3) is 0 Å². The molecule has 0 bridgehead atoms. The molecular formula is C26H21N3O. The summed E-state index contributed by atoms with van der Waals surface area (Å²) in [6.45, 7) is 1.98. The molecule has 4 heteroatoms. The normalized spacial score (nSPS) is 16.8. The SMILES string of the molecule is CN1Cc2cc(-c3ccc4ncncc4c3)ccc2C(c2ccc3occc3c2)C1. The molecule has 0 fully saturated rings. The Morgan fingerprint density at radius 1 is 0.933 bits per heavy atom. The van der Waals surface area contributed by atoms with E-state index in [1.807, 2.05) is 12.3 Å². The zero-order valence-electron chi connectivity index (χ0n) is 16.7. The average Bonchev–Trinajstić information content (AvgIpc) is 3.25. The Labute approximate surface area is 174 Å². The van der Waals surface area contributed by atoms with E-state index in [1.54, 1.807) is 12.6 Å². The van der Waals surface area contributed by atoms with Crippen LogP contribution in [0, 0.1) is 0 Å². The maximum absolute atomic E-state index is 5.53. The molecule has 30 heavy (non-hydrogen) atoms. The maximum atomic E-state index is 5.53. The first-order valence-electron chi connectivity index (χ1n) is 10.2. The molecule has 0 aliphatic carbocycles. The van der Waals surface area contributed by atoms with Crippen LogP contribution in [0.2, 0.25) is 0 Å². The van der Waals surface area contributed by atoms with Crippen LogP contribution in [0.3, 0.4) is 0 Å². The van der Waals surface area contributed by atoms with Crippen molar-refractivity contribution in [3.8, 4) is 11.1 Å². The van der Waals surface area contributed by atoms with Gasteiger partial charge in [-0.15, -0.1) is 0 Å². The molecule has 0 saturated heterocycles. The summed E-state index contributed by atoms with van der Waals surface area (Å²) in [5.41, 5.74) is 8.50. The molecule has 5 aromatic rings. The molecule has 1 aliphatic rings. The molecule has 0 radical (unpaired) electrons. The third kappa shape index (κ3) is 2.88. The topological polar surface area (TPSA) is 42.2 Å². The van der Waals surface area contributed by atoms with Gasteiger partial charge in [-0.1, -0.05) is 24.3 Å². The van der Waals surface area contributed by atoms with Gasteiger partial charge >= 0.3 is 0 Å². The molecule has 0 amide bonds. The lowest BCUT2D eigenvalue weighted by Gasteiger charge is -2.33. The van der Waals surface area contributed by atoms with Gasteiger partial charge in [0, 0.05) is 36.0 Å². The van der Waals surface area contributed by atoms with Crippen LogP contribution in [0.4, 0.5) is 0 Å². The second-order valence-electron chi connectivity index (χ2n) is 8.18. The van der Waals surface area contributed by atoms with Gasteiger partial charge in [0.05, 0.1) is 11.8 Å². The van der Waals surface area contributed by atoms with E-state index in [1.165, 1.54) is 27.8 Å². The lowest BCUT2D eigenvalue weighted by molar-refractivity contribution is 0.295. The van der Waals surface area contributed by atoms with Gasteiger partial charge in [0.15, 0.2) is 0 Å². The second kappa shape index (κ2) is 6.78. The van der Waals surface area contributed by atoms with Crippen molar-refractivity contribution in [3.05, 3.63) is 96.1 Å². The van der Waals surface area contributed by atoms with Gasteiger partial charge in [0.1, 0.15) is 11.9 Å². The van der Waals surface area contributed by atoms with Crippen LogP contribution < -0.4 is 0 Å². The number of likely N-dealkylation sites (N-methyl/N-ethyl adjacent to an activating group) is 1. The predicted molar refractivity (Wildman–Crippen MR) is 119 cm³/mol. The van der Waals surface area contributed by atoms with Gasteiger partial charge in [-0.3, -0.25) is 0 Å². The van der Waals surface area contributed by atoms with Crippen LogP contribution in [0.1, 0.15) is 22.6 Å². The fourth-order valence-electron chi connectivity index (χ4n) is 4.68. The van der Waals surface area contributed by atoms with Crippen molar-refractivity contribution >= 4 is 21.9 Å². The van der Waals surface area contributed by atoms with Crippen LogP contribution in [-0.4, -0.2) is 28.5 Å². The molecule has 3 heterocycles. The summed E-state index contributed by atoms with van der Waals surface area (Å²) < 4.78 is 5.53. The number of furan rings is 1. The first-order chi connectivity index (χ1) is 14.7. The Balaban J connectivity index is 1.43. The third-order valence-corrected chi connectivity index (χ3v) is 6.17. The zero-order chi connectivity index (χ0) is 20.1. The first-order valence-corrected chi connectivity index (χ1v) is 10.2. The van der Waals surface area contributed by atoms with Crippen LogP contribution in [0.25, 0.3) is 33.0 Å². The predicted octanol–water partition coefficient (Wildman–Crippen LogP) is 5.62. The van der Waals surface area contributed by atoms with E-state index >= 15 is 0 Å². The van der Waals surface area contributed by atoms with E-state index in [2.05, 4.69) is 76.5 Å². The molecule has 0 spiro atoms. The van der Waals surface area contributed by atoms with Crippen molar-refractivity contribution in [1.82, 2.24) is 14.9 Å². The lowest BCUT2D eigenvalue weighted by Crippen LogP contribution is -2.31. The van der Waals surface area contributed by atoms with Crippen LogP contribution in [-0.2, 0) is 6.54 Å². The Kier molecular flexibility index (Phi) is 3.93. The molecule has 0 N–H and O–H groups in total. The Morgan fingerprint density at radius 3 is 2.80 bits per heavy atom. The summed E-state index contributed by atoms with van der Waals surface area (Å²) in [5.74, 6) is 0.358. The third-order valence-electron chi connectivity index (χ3n) is 6.17. The molecule has 1 atom stereocenters. The smallest absolute Gasteiger partial charge is 0.133 e. The first kappa shape index (κ1) is 17.4. The monoisotopic (exact) mass is 391 g/mol. The van der Waals surface area contributed by atoms with E-state index in [9.17, 15) is 0 Å². The van der Waals surface area contributed by atoms with Gasteiger partial charge in [-0.05, 0) is 71.3 Å². The Bertz CT molecular complexity index is 1390. The minimum Gasteiger partial charge on any atom is -0.464 e. The Hall–Kier alpha value is -3.50. The number of nitrogens with zero attached hydrogens (tertiary/aromatic N) is 3. The fraction of sp³-hybridized carbons (Fsp3) is 0.154. The number of benzene rings is 3. The molecule has 1 aliphatic heterocycles. The van der Waals surface area contributed by atoms with Gasteiger partial charge in [0.2, 0.25) is 0 Å². The highest BCUT2D eigenvalue weighted by molar-refractivity contribution is 5.84.